The molecule has 0 saturated heterocycles. The first kappa shape index (κ1) is 19.8. The van der Waals surface area contributed by atoms with Crippen molar-refractivity contribution in [3.05, 3.63) is 47.6 Å². The summed E-state index contributed by atoms with van der Waals surface area (Å²) in [6.07, 6.45) is 6.05. The minimum Gasteiger partial charge on any atom is -0.396 e. The lowest BCUT2D eigenvalue weighted by Crippen LogP contribution is -2.14. The molecule has 0 bridgehead atoms. The number of nitrogens with zero attached hydrogens (tertiary/aromatic N) is 4. The van der Waals surface area contributed by atoms with Gasteiger partial charge in [-0.3, -0.25) is 4.68 Å². The highest BCUT2D eigenvalue weighted by atomic mass is 35.5. The van der Waals surface area contributed by atoms with E-state index in [1.165, 1.54) is 18.3 Å². The average molecular weight is 405 g/mol. The van der Waals surface area contributed by atoms with E-state index < -0.39 is 5.82 Å². The van der Waals surface area contributed by atoms with Gasteiger partial charge in [-0.2, -0.15) is 10.1 Å². The second-order valence-corrected chi connectivity index (χ2v) is 6.73. The van der Waals surface area contributed by atoms with Crippen LogP contribution in [0.4, 0.5) is 33.2 Å². The van der Waals surface area contributed by atoms with Crippen LogP contribution in [0.1, 0.15) is 19.4 Å². The minimum atomic E-state index is -0.484. The molecule has 0 aliphatic carbocycles. The molecule has 1 aromatic carbocycles. The van der Waals surface area contributed by atoms with Crippen LogP contribution in [0.15, 0.2) is 36.8 Å². The Kier molecular flexibility index (Phi) is 6.27. The first-order chi connectivity index (χ1) is 13.5. The summed E-state index contributed by atoms with van der Waals surface area (Å²) in [5.74, 6) is 0.243. The van der Waals surface area contributed by atoms with Crippen molar-refractivity contribution >= 4 is 40.4 Å². The molecule has 0 spiro atoms. The van der Waals surface area contributed by atoms with Gasteiger partial charge in [0.1, 0.15) is 10.8 Å². The monoisotopic (exact) mass is 404 g/mol. The Bertz CT molecular complexity index is 945. The van der Waals surface area contributed by atoms with E-state index in [-0.39, 0.29) is 11.7 Å². The average Bonchev–Trinajstić information content (AvgIpc) is 3.14. The number of benzene rings is 1. The molecular formula is C18H22ClFN8. The summed E-state index contributed by atoms with van der Waals surface area (Å²) in [5.41, 5.74) is 6.96. The quantitative estimate of drug-likeness (QED) is 0.424. The van der Waals surface area contributed by atoms with Crippen LogP contribution in [0.5, 0.6) is 0 Å². The number of anilines is 5. The van der Waals surface area contributed by atoms with Gasteiger partial charge < -0.3 is 21.7 Å². The van der Waals surface area contributed by atoms with Gasteiger partial charge in [-0.1, -0.05) is 11.6 Å². The van der Waals surface area contributed by atoms with Crippen molar-refractivity contribution in [3.63, 3.8) is 0 Å². The van der Waals surface area contributed by atoms with Gasteiger partial charge in [-0.25, -0.2) is 9.37 Å². The maximum atomic E-state index is 13.3. The molecule has 0 fully saturated rings. The van der Waals surface area contributed by atoms with Crippen molar-refractivity contribution in [2.75, 3.05) is 30.0 Å². The standard InChI is InChI=1S/C18H22ClFN8/c1-11(5-6-22-2)28-10-13(8-24-28)26-18-23-9-14(19)17(27-18)25-12-3-4-15(20)16(21)7-12/h3-4,7-11,22H,5-6,21H2,1-2H3,(H2,23,25,26,27). The van der Waals surface area contributed by atoms with Gasteiger partial charge in [-0.15, -0.1) is 0 Å². The zero-order valence-corrected chi connectivity index (χ0v) is 16.3. The molecule has 0 aliphatic rings. The van der Waals surface area contributed by atoms with E-state index >= 15 is 0 Å². The van der Waals surface area contributed by atoms with E-state index in [4.69, 9.17) is 17.3 Å². The highest BCUT2D eigenvalue weighted by Crippen LogP contribution is 2.26. The van der Waals surface area contributed by atoms with Gasteiger partial charge in [0.25, 0.3) is 0 Å². The summed E-state index contributed by atoms with van der Waals surface area (Å²) in [6, 6.07) is 4.55. The summed E-state index contributed by atoms with van der Waals surface area (Å²) in [4.78, 5) is 8.56. The third-order valence-corrected chi connectivity index (χ3v) is 4.40. The highest BCUT2D eigenvalue weighted by Gasteiger charge is 2.10. The number of halogens is 2. The van der Waals surface area contributed by atoms with Crippen molar-refractivity contribution in [2.24, 2.45) is 0 Å². The van der Waals surface area contributed by atoms with Gasteiger partial charge >= 0.3 is 0 Å². The van der Waals surface area contributed by atoms with Crippen molar-refractivity contribution in [3.8, 4) is 0 Å². The Balaban J connectivity index is 1.72. The van der Waals surface area contributed by atoms with Gasteiger partial charge in [0, 0.05) is 11.9 Å². The molecule has 0 amide bonds. The Labute approximate surface area is 167 Å². The smallest absolute Gasteiger partial charge is 0.229 e. The number of nitrogens with two attached hydrogens (primary N) is 1. The Hall–Kier alpha value is -2.91. The molecular weight excluding hydrogens is 383 g/mol. The van der Waals surface area contributed by atoms with Crippen LogP contribution in [0.3, 0.4) is 0 Å². The molecule has 8 nitrogen and oxygen atoms in total. The van der Waals surface area contributed by atoms with E-state index in [2.05, 4.69) is 37.9 Å². The summed E-state index contributed by atoms with van der Waals surface area (Å²) >= 11 is 6.17. The lowest BCUT2D eigenvalue weighted by atomic mass is 10.2. The zero-order valence-electron chi connectivity index (χ0n) is 15.6. The maximum Gasteiger partial charge on any atom is 0.229 e. The molecule has 1 unspecified atom stereocenters. The number of hydrogen-bond donors (Lipinski definition) is 4. The van der Waals surface area contributed by atoms with Crippen LogP contribution < -0.4 is 21.7 Å². The number of hydrogen-bond acceptors (Lipinski definition) is 7. The maximum absolute atomic E-state index is 13.3. The van der Waals surface area contributed by atoms with Gasteiger partial charge in [-0.05, 0) is 45.1 Å². The highest BCUT2D eigenvalue weighted by molar-refractivity contribution is 6.32. The van der Waals surface area contributed by atoms with E-state index in [1.54, 1.807) is 12.3 Å². The van der Waals surface area contributed by atoms with Crippen LogP contribution in [0.2, 0.25) is 5.02 Å². The van der Waals surface area contributed by atoms with Crippen molar-refractivity contribution < 1.29 is 4.39 Å². The van der Waals surface area contributed by atoms with Gasteiger partial charge in [0.15, 0.2) is 5.82 Å². The molecule has 2 heterocycles. The Morgan fingerprint density at radius 1 is 1.25 bits per heavy atom. The van der Waals surface area contributed by atoms with Gasteiger partial charge in [0.2, 0.25) is 5.95 Å². The summed E-state index contributed by atoms with van der Waals surface area (Å²) in [5, 5.41) is 13.9. The SMILES string of the molecule is CNCCC(C)n1cc(Nc2ncc(Cl)c(Nc3ccc(F)c(N)c3)n2)cn1. The second-order valence-electron chi connectivity index (χ2n) is 6.33. The van der Waals surface area contributed by atoms with E-state index in [1.807, 2.05) is 17.9 Å². The second kappa shape index (κ2) is 8.85. The summed E-state index contributed by atoms with van der Waals surface area (Å²) in [6.45, 7) is 3.01. The van der Waals surface area contributed by atoms with Crippen molar-refractivity contribution in [1.29, 1.82) is 0 Å². The van der Waals surface area contributed by atoms with Crippen molar-refractivity contribution in [2.45, 2.75) is 19.4 Å². The Morgan fingerprint density at radius 2 is 2.07 bits per heavy atom. The van der Waals surface area contributed by atoms with Crippen LogP contribution in [0.25, 0.3) is 0 Å². The van der Waals surface area contributed by atoms with Gasteiger partial charge in [0.05, 0.1) is 29.8 Å². The topological polar surface area (TPSA) is 106 Å². The largest absolute Gasteiger partial charge is 0.396 e. The Morgan fingerprint density at radius 3 is 2.82 bits per heavy atom. The zero-order chi connectivity index (χ0) is 20.1. The van der Waals surface area contributed by atoms with E-state index in [0.29, 0.717) is 22.5 Å². The van der Waals surface area contributed by atoms with Crippen LogP contribution in [-0.2, 0) is 0 Å². The molecule has 0 aliphatic heterocycles. The molecule has 148 valence electrons. The minimum absolute atomic E-state index is 0.0355. The molecule has 3 aromatic rings. The molecule has 28 heavy (non-hydrogen) atoms. The first-order valence-electron chi connectivity index (χ1n) is 8.76. The van der Waals surface area contributed by atoms with E-state index in [9.17, 15) is 4.39 Å². The van der Waals surface area contributed by atoms with Crippen molar-refractivity contribution in [1.82, 2.24) is 25.1 Å². The fraction of sp³-hybridized carbons (Fsp3) is 0.278. The normalized spacial score (nSPS) is 12.0. The molecule has 2 aromatic heterocycles. The molecule has 0 radical (unpaired) electrons. The predicted molar refractivity (Wildman–Crippen MR) is 110 cm³/mol. The predicted octanol–water partition coefficient (Wildman–Crippen LogP) is 3.71. The molecule has 5 N–H and O–H groups in total. The molecule has 10 heteroatoms. The molecule has 1 atom stereocenters. The fourth-order valence-corrected chi connectivity index (χ4v) is 2.67. The number of nitrogen functional groups attached to an aromatic ring is 1. The lowest BCUT2D eigenvalue weighted by molar-refractivity contribution is 0.452. The lowest BCUT2D eigenvalue weighted by Gasteiger charge is -2.11. The van der Waals surface area contributed by atoms with Crippen LogP contribution >= 0.6 is 11.6 Å². The first-order valence-corrected chi connectivity index (χ1v) is 9.14. The van der Waals surface area contributed by atoms with Crippen LogP contribution in [0, 0.1) is 5.82 Å². The number of aromatic nitrogens is 4. The third-order valence-electron chi connectivity index (χ3n) is 4.12. The molecule has 0 saturated carbocycles. The fourth-order valence-electron chi connectivity index (χ4n) is 2.53. The molecule has 3 rings (SSSR count). The summed E-state index contributed by atoms with van der Waals surface area (Å²) < 4.78 is 15.2. The third kappa shape index (κ3) is 4.87. The number of nitrogens with one attached hydrogen (secondary N) is 3. The summed E-state index contributed by atoms with van der Waals surface area (Å²) in [7, 11) is 1.92. The van der Waals surface area contributed by atoms with Crippen LogP contribution in [-0.4, -0.2) is 33.3 Å². The number of rotatable bonds is 8. The van der Waals surface area contributed by atoms with E-state index in [0.717, 1.165) is 18.7 Å².